The number of nitro groups is 1. The van der Waals surface area contributed by atoms with Crippen molar-refractivity contribution in [3.63, 3.8) is 0 Å². The first kappa shape index (κ1) is 7.17. The molecule has 0 saturated heterocycles. The smallest absolute Gasteiger partial charge is 0.257 e. The van der Waals surface area contributed by atoms with E-state index in [9.17, 15) is 10.1 Å². The van der Waals surface area contributed by atoms with Gasteiger partial charge in [0, 0.05) is 6.08 Å². The van der Waals surface area contributed by atoms with Gasteiger partial charge in [-0.2, -0.15) is 0 Å². The molecule has 0 fully saturated rings. The van der Waals surface area contributed by atoms with Gasteiger partial charge in [-0.3, -0.25) is 10.1 Å². The molecule has 0 bridgehead atoms. The van der Waals surface area contributed by atoms with E-state index in [-0.39, 0.29) is 0 Å². The molecule has 0 aliphatic rings. The van der Waals surface area contributed by atoms with E-state index >= 15 is 0 Å². The first-order valence-corrected chi connectivity index (χ1v) is 2.19. The van der Waals surface area contributed by atoms with Crippen LogP contribution in [0.5, 0.6) is 0 Å². The van der Waals surface area contributed by atoms with Crippen molar-refractivity contribution in [2.24, 2.45) is 0 Å². The Labute approximate surface area is 51.4 Å². The van der Waals surface area contributed by atoms with Crippen molar-refractivity contribution in [1.82, 2.24) is 0 Å². The van der Waals surface area contributed by atoms with Crippen molar-refractivity contribution in [3.05, 3.63) is 34.0 Å². The lowest BCUT2D eigenvalue weighted by Crippen LogP contribution is -1.88. The van der Waals surface area contributed by atoms with E-state index in [0.29, 0.717) is 0 Å². The summed E-state index contributed by atoms with van der Waals surface area (Å²) in [5, 5.41) is 9.23. The molecule has 0 aromatic heterocycles. The van der Waals surface area contributed by atoms with Crippen molar-refractivity contribution in [2.45, 2.75) is 0 Å². The summed E-state index contributed by atoms with van der Waals surface area (Å²) >= 11 is 5.01. The molecule has 4 heteroatoms. The topological polar surface area (TPSA) is 43.1 Å². The van der Waals surface area contributed by atoms with Gasteiger partial charge in [0.15, 0.2) is 0 Å². The lowest BCUT2D eigenvalue weighted by molar-refractivity contribution is -0.412. The molecule has 0 spiro atoms. The third-order valence-corrected chi connectivity index (χ3v) is 0.694. The fraction of sp³-hybridized carbons (Fsp3) is 0. The minimum absolute atomic E-state index is 0.417. The lowest BCUT2D eigenvalue weighted by atomic mass is 10.6. The maximum atomic E-state index is 9.65. The maximum Gasteiger partial charge on any atom is 0.337 e. The molecular weight excluding hydrogens is 130 g/mol. The summed E-state index contributed by atoms with van der Waals surface area (Å²) in [4.78, 5) is 8.96. The molecule has 0 N–H and O–H groups in total. The molecule has 0 aromatic rings. The molecule has 0 aliphatic heterocycles. The summed E-state index contributed by atoms with van der Waals surface area (Å²) in [5.74, 6) is 0. The molecule has 0 unspecified atom stereocenters. The Morgan fingerprint density at radius 1 is 1.88 bits per heavy atom. The highest BCUT2D eigenvalue weighted by molar-refractivity contribution is 6.28. The molecule has 3 nitrogen and oxygen atoms in total. The van der Waals surface area contributed by atoms with Crippen molar-refractivity contribution < 1.29 is 4.92 Å². The average Bonchev–Trinajstić information content (AvgIpc) is 1.67. The number of allylic oxidation sites excluding steroid dienone is 2. The van der Waals surface area contributed by atoms with Crippen LogP contribution in [0.1, 0.15) is 0 Å². The van der Waals surface area contributed by atoms with Gasteiger partial charge in [0.25, 0.3) is 0 Å². The van der Waals surface area contributed by atoms with Crippen LogP contribution in [-0.2, 0) is 0 Å². The molecule has 44 valence electrons. The quantitative estimate of drug-likeness (QED) is 0.248. The van der Waals surface area contributed by atoms with E-state index in [1.165, 1.54) is 6.08 Å². The number of rotatable bonds is 2. The standard InChI is InChI=1S/C4H4ClNO2/c1-2-3-4(5)6(7)8/h2-3H,1H2/b4-3+. The molecule has 0 heterocycles. The van der Waals surface area contributed by atoms with Gasteiger partial charge in [0.1, 0.15) is 0 Å². The van der Waals surface area contributed by atoms with E-state index in [1.807, 2.05) is 0 Å². The fourth-order valence-corrected chi connectivity index (χ4v) is 0.247. The molecule has 8 heavy (non-hydrogen) atoms. The highest BCUT2D eigenvalue weighted by Crippen LogP contribution is 1.99. The summed E-state index contributed by atoms with van der Waals surface area (Å²) in [5.41, 5.74) is 0. The van der Waals surface area contributed by atoms with E-state index in [2.05, 4.69) is 6.58 Å². The largest absolute Gasteiger partial charge is 0.337 e. The molecule has 0 amide bonds. The minimum Gasteiger partial charge on any atom is -0.257 e. The summed E-state index contributed by atoms with van der Waals surface area (Å²) in [6.07, 6.45) is 2.37. The summed E-state index contributed by atoms with van der Waals surface area (Å²) in [6, 6.07) is 0. The Balaban J connectivity index is 3.99. The van der Waals surface area contributed by atoms with Gasteiger partial charge in [-0.05, 0) is 11.6 Å². The number of hydrogen-bond acceptors (Lipinski definition) is 2. The van der Waals surface area contributed by atoms with Crippen LogP contribution >= 0.6 is 11.6 Å². The highest BCUT2D eigenvalue weighted by Gasteiger charge is 1.99. The third kappa shape index (κ3) is 2.36. The van der Waals surface area contributed by atoms with Gasteiger partial charge in [0.2, 0.25) is 0 Å². The maximum absolute atomic E-state index is 9.65. The Bertz CT molecular complexity index is 141. The van der Waals surface area contributed by atoms with Gasteiger partial charge >= 0.3 is 5.16 Å². The van der Waals surface area contributed by atoms with Crippen LogP contribution in [0.4, 0.5) is 0 Å². The molecule has 0 rings (SSSR count). The normalized spacial score (nSPS) is 10.9. The molecule has 0 aromatic carbocycles. The predicted molar refractivity (Wildman–Crippen MR) is 31.1 cm³/mol. The van der Waals surface area contributed by atoms with Crippen LogP contribution in [0.3, 0.4) is 0 Å². The average molecular weight is 134 g/mol. The van der Waals surface area contributed by atoms with Gasteiger partial charge < -0.3 is 0 Å². The molecule has 0 aliphatic carbocycles. The Kier molecular flexibility index (Phi) is 2.88. The van der Waals surface area contributed by atoms with E-state index in [0.717, 1.165) is 6.08 Å². The van der Waals surface area contributed by atoms with Crippen molar-refractivity contribution in [1.29, 1.82) is 0 Å². The first-order chi connectivity index (χ1) is 3.68. The van der Waals surface area contributed by atoms with E-state index < -0.39 is 10.1 Å². The highest BCUT2D eigenvalue weighted by atomic mass is 35.5. The lowest BCUT2D eigenvalue weighted by Gasteiger charge is -1.79. The van der Waals surface area contributed by atoms with Crippen LogP contribution in [0.2, 0.25) is 0 Å². The van der Waals surface area contributed by atoms with Crippen LogP contribution in [0, 0.1) is 10.1 Å². The SMILES string of the molecule is C=C/C=C(\Cl)[N+](=O)[O-]. The zero-order valence-corrected chi connectivity index (χ0v) is 4.76. The van der Waals surface area contributed by atoms with E-state index in [4.69, 9.17) is 11.6 Å². The van der Waals surface area contributed by atoms with Gasteiger partial charge in [-0.15, -0.1) is 0 Å². The summed E-state index contributed by atoms with van der Waals surface area (Å²) in [7, 11) is 0. The summed E-state index contributed by atoms with van der Waals surface area (Å²) in [6.45, 7) is 3.22. The monoisotopic (exact) mass is 133 g/mol. The van der Waals surface area contributed by atoms with Gasteiger partial charge in [-0.1, -0.05) is 12.7 Å². The second-order valence-corrected chi connectivity index (χ2v) is 1.37. The molecule has 0 atom stereocenters. The zero-order valence-electron chi connectivity index (χ0n) is 4.00. The number of nitrogens with zero attached hydrogens (tertiary/aromatic N) is 1. The third-order valence-electron chi connectivity index (χ3n) is 0.430. The van der Waals surface area contributed by atoms with Crippen LogP contribution in [0.15, 0.2) is 23.9 Å². The minimum atomic E-state index is -0.691. The predicted octanol–water partition coefficient (Wildman–Crippen LogP) is 1.53. The molecular formula is C4H4ClNO2. The van der Waals surface area contributed by atoms with Crippen LogP contribution < -0.4 is 0 Å². The fourth-order valence-electron chi connectivity index (χ4n) is 0.158. The van der Waals surface area contributed by atoms with E-state index in [1.54, 1.807) is 0 Å². The van der Waals surface area contributed by atoms with Crippen LogP contribution in [-0.4, -0.2) is 4.92 Å². The van der Waals surface area contributed by atoms with Crippen LogP contribution in [0.25, 0.3) is 0 Å². The Morgan fingerprint density at radius 3 is 2.50 bits per heavy atom. The van der Waals surface area contributed by atoms with Gasteiger partial charge in [0.05, 0.1) is 4.92 Å². The first-order valence-electron chi connectivity index (χ1n) is 1.81. The van der Waals surface area contributed by atoms with Crippen molar-refractivity contribution in [2.75, 3.05) is 0 Å². The number of hydrogen-bond donors (Lipinski definition) is 0. The van der Waals surface area contributed by atoms with Gasteiger partial charge in [-0.25, -0.2) is 0 Å². The second-order valence-electron chi connectivity index (χ2n) is 0.982. The summed E-state index contributed by atoms with van der Waals surface area (Å²) < 4.78 is 0. The second kappa shape index (κ2) is 3.21. The molecule has 0 radical (unpaired) electrons. The number of halogens is 1. The Hall–Kier alpha value is -0.830. The Morgan fingerprint density at radius 2 is 2.38 bits per heavy atom. The zero-order chi connectivity index (χ0) is 6.57. The van der Waals surface area contributed by atoms with Crippen molar-refractivity contribution >= 4 is 11.6 Å². The van der Waals surface area contributed by atoms with Crippen molar-refractivity contribution in [3.8, 4) is 0 Å². The molecule has 0 saturated carbocycles.